The number of hydrogen-bond donors (Lipinski definition) is 1. The Morgan fingerprint density at radius 2 is 1.54 bits per heavy atom. The average Bonchev–Trinajstić information content (AvgIpc) is 2.62. The van der Waals surface area contributed by atoms with Crippen LogP contribution >= 0.6 is 0 Å². The zero-order valence-electron chi connectivity index (χ0n) is 14.6. The fourth-order valence-corrected chi connectivity index (χ4v) is 2.91. The van der Waals surface area contributed by atoms with Gasteiger partial charge >= 0.3 is 29.6 Å². The van der Waals surface area contributed by atoms with Crippen LogP contribution < -0.4 is 40.0 Å². The largest absolute Gasteiger partial charge is 1.00 e. The normalized spacial score (nSPS) is 11.4. The summed E-state index contributed by atoms with van der Waals surface area (Å²) in [6, 6.07) is 21.6. The van der Waals surface area contributed by atoms with Gasteiger partial charge < -0.3 is 15.2 Å². The summed E-state index contributed by atoms with van der Waals surface area (Å²) in [6.45, 7) is 0. The summed E-state index contributed by atoms with van der Waals surface area (Å²) in [4.78, 5) is 23.7. The molecule has 0 aliphatic heterocycles. The number of amides is 1. The predicted molar refractivity (Wildman–Crippen MR) is 94.7 cm³/mol. The number of benzene rings is 3. The van der Waals surface area contributed by atoms with Crippen LogP contribution in [-0.4, -0.2) is 17.9 Å². The van der Waals surface area contributed by atoms with Crippen molar-refractivity contribution in [1.82, 2.24) is 5.32 Å². The van der Waals surface area contributed by atoms with Gasteiger partial charge in [0.05, 0.1) is 18.4 Å². The number of hydrogen-bond acceptors (Lipinski definition) is 3. The molecule has 0 heterocycles. The zero-order chi connectivity index (χ0) is 17.6. The van der Waals surface area contributed by atoms with Crippen LogP contribution in [0.15, 0.2) is 72.8 Å². The van der Waals surface area contributed by atoms with Crippen molar-refractivity contribution in [2.24, 2.45) is 0 Å². The number of carboxylic acids is 1. The molecular formula is C21H18NNaO3. The van der Waals surface area contributed by atoms with E-state index in [0.29, 0.717) is 0 Å². The minimum absolute atomic E-state index is 0. The monoisotopic (exact) mass is 355 g/mol. The maximum absolute atomic E-state index is 12.2. The minimum Gasteiger partial charge on any atom is -0.548 e. The number of carbonyl (C=O) groups is 2. The molecule has 0 aliphatic carbocycles. The van der Waals surface area contributed by atoms with E-state index in [1.807, 2.05) is 72.8 Å². The molecule has 0 aliphatic rings. The van der Waals surface area contributed by atoms with Gasteiger partial charge in [0.1, 0.15) is 0 Å². The third-order valence-corrected chi connectivity index (χ3v) is 4.13. The first-order chi connectivity index (χ1) is 12.1. The molecule has 3 aromatic carbocycles. The van der Waals surface area contributed by atoms with Gasteiger partial charge in [-0.2, -0.15) is 0 Å². The third-order valence-electron chi connectivity index (χ3n) is 4.13. The molecule has 3 rings (SSSR count). The molecule has 0 bridgehead atoms. The fraction of sp³-hybridized carbons (Fsp3) is 0.143. The van der Waals surface area contributed by atoms with Gasteiger partial charge in [0.2, 0.25) is 5.91 Å². The molecule has 0 spiro atoms. The smallest absolute Gasteiger partial charge is 0.548 e. The molecule has 0 saturated heterocycles. The Morgan fingerprint density at radius 1 is 0.885 bits per heavy atom. The molecule has 26 heavy (non-hydrogen) atoms. The molecule has 1 unspecified atom stereocenters. The maximum Gasteiger partial charge on any atom is 1.00 e. The molecule has 4 nitrogen and oxygen atoms in total. The van der Waals surface area contributed by atoms with Crippen molar-refractivity contribution in [2.45, 2.75) is 18.9 Å². The van der Waals surface area contributed by atoms with Gasteiger partial charge in [0.15, 0.2) is 0 Å². The van der Waals surface area contributed by atoms with E-state index < -0.39 is 12.0 Å². The predicted octanol–water partition coefficient (Wildman–Crippen LogP) is -1.14. The van der Waals surface area contributed by atoms with Gasteiger partial charge in [0, 0.05) is 0 Å². The summed E-state index contributed by atoms with van der Waals surface area (Å²) in [7, 11) is 0. The SMILES string of the molecule is O=C(Cc1ccccc1)NC(Cc1cccc2ccccc12)C(=O)[O-].[Na+]. The molecule has 1 N–H and O–H groups in total. The summed E-state index contributed by atoms with van der Waals surface area (Å²) in [5, 5.41) is 16.1. The molecule has 3 aromatic rings. The molecule has 0 radical (unpaired) electrons. The zero-order valence-corrected chi connectivity index (χ0v) is 16.6. The van der Waals surface area contributed by atoms with E-state index in [2.05, 4.69) is 5.32 Å². The van der Waals surface area contributed by atoms with Crippen molar-refractivity contribution in [3.63, 3.8) is 0 Å². The van der Waals surface area contributed by atoms with Crippen molar-refractivity contribution < 1.29 is 44.3 Å². The van der Waals surface area contributed by atoms with Gasteiger partial charge in [-0.15, -0.1) is 0 Å². The van der Waals surface area contributed by atoms with Crippen molar-refractivity contribution in [3.8, 4) is 0 Å². The van der Waals surface area contributed by atoms with Gasteiger partial charge in [-0.05, 0) is 28.3 Å². The molecule has 1 amide bonds. The number of rotatable bonds is 6. The first-order valence-electron chi connectivity index (χ1n) is 8.14. The molecular weight excluding hydrogens is 337 g/mol. The number of fused-ring (bicyclic) bond motifs is 1. The van der Waals surface area contributed by atoms with Crippen LogP contribution in [0.2, 0.25) is 0 Å². The minimum atomic E-state index is -1.28. The fourth-order valence-electron chi connectivity index (χ4n) is 2.91. The Kier molecular flexibility index (Phi) is 7.39. The van der Waals surface area contributed by atoms with Crippen LogP contribution in [0.3, 0.4) is 0 Å². The summed E-state index contributed by atoms with van der Waals surface area (Å²) < 4.78 is 0. The maximum atomic E-state index is 12.2. The second-order valence-corrected chi connectivity index (χ2v) is 5.94. The molecule has 0 saturated carbocycles. The van der Waals surface area contributed by atoms with Crippen molar-refractivity contribution >= 4 is 22.6 Å². The summed E-state index contributed by atoms with van der Waals surface area (Å²) in [5.41, 5.74) is 1.70. The molecule has 1 atom stereocenters. The van der Waals surface area contributed by atoms with E-state index in [1.165, 1.54) is 0 Å². The van der Waals surface area contributed by atoms with Gasteiger partial charge in [-0.1, -0.05) is 72.8 Å². The standard InChI is InChI=1S/C21H19NO3.Na/c23-20(13-15-7-2-1-3-8-15)22-19(21(24)25)14-17-11-6-10-16-9-4-5-12-18(16)17;/h1-12,19H,13-14H2,(H,22,23)(H,24,25);/q;+1/p-1. The van der Waals surface area contributed by atoms with Crippen molar-refractivity contribution in [3.05, 3.63) is 83.9 Å². The third kappa shape index (κ3) is 5.18. The topological polar surface area (TPSA) is 69.2 Å². The Morgan fingerprint density at radius 3 is 2.27 bits per heavy atom. The Hall–Kier alpha value is -2.14. The molecule has 126 valence electrons. The van der Waals surface area contributed by atoms with E-state index in [0.717, 1.165) is 21.9 Å². The van der Waals surface area contributed by atoms with Crippen LogP contribution in [0.5, 0.6) is 0 Å². The summed E-state index contributed by atoms with van der Waals surface area (Å²) >= 11 is 0. The summed E-state index contributed by atoms with van der Waals surface area (Å²) in [5.74, 6) is -1.62. The van der Waals surface area contributed by atoms with Crippen LogP contribution in [0.4, 0.5) is 0 Å². The second kappa shape index (κ2) is 9.53. The van der Waals surface area contributed by atoms with Crippen molar-refractivity contribution in [2.75, 3.05) is 0 Å². The first-order valence-corrected chi connectivity index (χ1v) is 8.14. The van der Waals surface area contributed by atoms with E-state index >= 15 is 0 Å². The van der Waals surface area contributed by atoms with Crippen LogP contribution in [0.25, 0.3) is 10.8 Å². The van der Waals surface area contributed by atoms with Crippen LogP contribution in [-0.2, 0) is 22.4 Å². The van der Waals surface area contributed by atoms with E-state index in [4.69, 9.17) is 0 Å². The van der Waals surface area contributed by atoms with E-state index in [9.17, 15) is 14.7 Å². The van der Waals surface area contributed by atoms with Gasteiger partial charge in [0.25, 0.3) is 0 Å². The Balaban J connectivity index is 0.00000243. The van der Waals surface area contributed by atoms with Gasteiger partial charge in [-0.25, -0.2) is 0 Å². The average molecular weight is 355 g/mol. The van der Waals surface area contributed by atoms with Gasteiger partial charge in [-0.3, -0.25) is 4.79 Å². The number of carboxylic acid groups (broad SMARTS) is 1. The van der Waals surface area contributed by atoms with Crippen LogP contribution in [0.1, 0.15) is 11.1 Å². The van der Waals surface area contributed by atoms with Crippen LogP contribution in [0, 0.1) is 0 Å². The number of aliphatic carboxylic acids is 1. The second-order valence-electron chi connectivity index (χ2n) is 5.94. The van der Waals surface area contributed by atoms with Crippen molar-refractivity contribution in [1.29, 1.82) is 0 Å². The Labute approximate surface area is 174 Å². The van der Waals surface area contributed by atoms with E-state index in [1.54, 1.807) is 0 Å². The molecule has 0 aromatic heterocycles. The number of nitrogens with one attached hydrogen (secondary N) is 1. The Bertz CT molecular complexity index is 891. The first kappa shape index (κ1) is 20.2. The molecule has 0 fully saturated rings. The van der Waals surface area contributed by atoms with E-state index in [-0.39, 0.29) is 48.3 Å². The quantitative estimate of drug-likeness (QED) is 0.569. The molecule has 5 heteroatoms. The number of carbonyl (C=O) groups excluding carboxylic acids is 2. The summed E-state index contributed by atoms with van der Waals surface area (Å²) in [6.07, 6.45) is 0.324.